The third-order valence-electron chi connectivity index (χ3n) is 3.04. The fourth-order valence-electron chi connectivity index (χ4n) is 2.01. The maximum absolute atomic E-state index is 12.1. The van der Waals surface area contributed by atoms with Crippen LogP contribution in [0.15, 0.2) is 4.34 Å². The minimum absolute atomic E-state index is 0.192. The Morgan fingerprint density at radius 1 is 1.50 bits per heavy atom. The van der Waals surface area contributed by atoms with Crippen molar-refractivity contribution in [1.82, 2.24) is 14.5 Å². The van der Waals surface area contributed by atoms with E-state index >= 15 is 0 Å². The molecule has 7 nitrogen and oxygen atoms in total. The summed E-state index contributed by atoms with van der Waals surface area (Å²) in [7, 11) is -3.24. The van der Waals surface area contributed by atoms with Crippen LogP contribution in [-0.4, -0.2) is 54.4 Å². The Hall–Kier alpha value is -0.710. The number of rotatable bonds is 4. The van der Waals surface area contributed by atoms with Gasteiger partial charge in [-0.3, -0.25) is 4.79 Å². The second kappa shape index (κ2) is 6.37. The number of hydrogen-bond donors (Lipinski definition) is 1. The molecule has 20 heavy (non-hydrogen) atoms. The van der Waals surface area contributed by atoms with Crippen LogP contribution in [0.3, 0.4) is 0 Å². The van der Waals surface area contributed by atoms with Gasteiger partial charge in [0.15, 0.2) is 4.34 Å². The zero-order valence-corrected chi connectivity index (χ0v) is 13.6. The standard InChI is InChI=1S/C10H16N4O3S3/c1-18-10-13-12-9(19-10)11-8(15)7-4-3-5-14(6-7)20(2,16)17/h7H,3-6H2,1-2H3,(H,11,12,15)/t7-/m1/s1. The molecule has 0 saturated carbocycles. The van der Waals surface area contributed by atoms with Crippen LogP contribution in [0.4, 0.5) is 5.13 Å². The number of piperidine rings is 1. The molecule has 0 aromatic carbocycles. The van der Waals surface area contributed by atoms with Crippen molar-refractivity contribution >= 4 is 44.2 Å². The first-order valence-electron chi connectivity index (χ1n) is 6.03. The molecule has 10 heteroatoms. The van der Waals surface area contributed by atoms with Gasteiger partial charge in [0.1, 0.15) is 0 Å². The number of carbonyl (C=O) groups excluding carboxylic acids is 1. The SMILES string of the molecule is CSc1nnc(NC(=O)[C@@H]2CCCN(S(C)(=O)=O)C2)s1. The third kappa shape index (κ3) is 3.90. The lowest BCUT2D eigenvalue weighted by Gasteiger charge is -2.29. The van der Waals surface area contributed by atoms with E-state index in [0.717, 1.165) is 4.34 Å². The van der Waals surface area contributed by atoms with E-state index in [1.165, 1.54) is 33.7 Å². The summed E-state index contributed by atoms with van der Waals surface area (Å²) in [6.07, 6.45) is 4.43. The quantitative estimate of drug-likeness (QED) is 0.648. The summed E-state index contributed by atoms with van der Waals surface area (Å²) >= 11 is 2.77. The van der Waals surface area contributed by atoms with E-state index in [1.807, 2.05) is 6.26 Å². The highest BCUT2D eigenvalue weighted by Crippen LogP contribution is 2.25. The van der Waals surface area contributed by atoms with Gasteiger partial charge in [-0.2, -0.15) is 0 Å². The van der Waals surface area contributed by atoms with Gasteiger partial charge in [0.05, 0.1) is 12.2 Å². The first-order valence-corrected chi connectivity index (χ1v) is 9.92. The monoisotopic (exact) mass is 336 g/mol. The molecule has 0 radical (unpaired) electrons. The number of aromatic nitrogens is 2. The second-order valence-electron chi connectivity index (χ2n) is 4.53. The Labute approximate surface area is 126 Å². The summed E-state index contributed by atoms with van der Waals surface area (Å²) in [6.45, 7) is 0.719. The zero-order valence-electron chi connectivity index (χ0n) is 11.2. The van der Waals surface area contributed by atoms with E-state index in [9.17, 15) is 13.2 Å². The average Bonchev–Trinajstić information content (AvgIpc) is 2.85. The highest BCUT2D eigenvalue weighted by Gasteiger charge is 2.30. The first kappa shape index (κ1) is 15.7. The van der Waals surface area contributed by atoms with Crippen molar-refractivity contribution < 1.29 is 13.2 Å². The van der Waals surface area contributed by atoms with Crippen LogP contribution in [-0.2, 0) is 14.8 Å². The highest BCUT2D eigenvalue weighted by molar-refractivity contribution is 8.00. The number of sulfonamides is 1. The number of carbonyl (C=O) groups is 1. The normalized spacial score (nSPS) is 20.8. The predicted octanol–water partition coefficient (Wildman–Crippen LogP) is 0.870. The molecule has 2 heterocycles. The number of hydrogen-bond acceptors (Lipinski definition) is 7. The molecule has 2 rings (SSSR count). The van der Waals surface area contributed by atoms with Crippen molar-refractivity contribution in [3.05, 3.63) is 0 Å². The zero-order chi connectivity index (χ0) is 14.8. The maximum Gasteiger partial charge on any atom is 0.230 e. The number of nitrogens with one attached hydrogen (secondary N) is 1. The van der Waals surface area contributed by atoms with E-state index in [1.54, 1.807) is 0 Å². The van der Waals surface area contributed by atoms with Crippen molar-refractivity contribution in [2.45, 2.75) is 17.2 Å². The molecule has 1 atom stereocenters. The predicted molar refractivity (Wildman–Crippen MR) is 79.5 cm³/mol. The summed E-state index contributed by atoms with van der Waals surface area (Å²) in [6, 6.07) is 0. The molecule has 1 aliphatic rings. The van der Waals surface area contributed by atoms with Gasteiger partial charge in [-0.15, -0.1) is 10.2 Å². The van der Waals surface area contributed by atoms with Crippen LogP contribution in [0.1, 0.15) is 12.8 Å². The van der Waals surface area contributed by atoms with Crippen molar-refractivity contribution in [2.24, 2.45) is 5.92 Å². The molecular weight excluding hydrogens is 320 g/mol. The van der Waals surface area contributed by atoms with Gasteiger partial charge in [-0.1, -0.05) is 23.1 Å². The Kier molecular flexibility index (Phi) is 4.99. The van der Waals surface area contributed by atoms with Gasteiger partial charge >= 0.3 is 0 Å². The van der Waals surface area contributed by atoms with E-state index in [4.69, 9.17) is 0 Å². The number of amides is 1. The van der Waals surface area contributed by atoms with Gasteiger partial charge in [0.25, 0.3) is 0 Å². The van der Waals surface area contributed by atoms with Gasteiger partial charge in [-0.05, 0) is 19.1 Å². The topological polar surface area (TPSA) is 92.3 Å². The van der Waals surface area contributed by atoms with Crippen LogP contribution in [0.2, 0.25) is 0 Å². The smallest absolute Gasteiger partial charge is 0.230 e. The van der Waals surface area contributed by atoms with Crippen molar-refractivity contribution in [3.63, 3.8) is 0 Å². The minimum Gasteiger partial charge on any atom is -0.300 e. The Bertz CT molecular complexity index is 586. The fraction of sp³-hybridized carbons (Fsp3) is 0.700. The lowest BCUT2D eigenvalue weighted by Crippen LogP contribution is -2.43. The second-order valence-corrected chi connectivity index (χ2v) is 8.54. The summed E-state index contributed by atoms with van der Waals surface area (Å²) in [4.78, 5) is 12.1. The van der Waals surface area contributed by atoms with Crippen LogP contribution < -0.4 is 5.32 Å². The molecule has 1 aromatic heterocycles. The molecule has 0 unspecified atom stereocenters. The van der Waals surface area contributed by atoms with Crippen LogP contribution >= 0.6 is 23.1 Å². The molecule has 1 amide bonds. The lowest BCUT2D eigenvalue weighted by atomic mass is 9.99. The summed E-state index contributed by atoms with van der Waals surface area (Å²) in [5.41, 5.74) is 0. The third-order valence-corrected chi connectivity index (χ3v) is 6.12. The molecule has 1 N–H and O–H groups in total. The highest BCUT2D eigenvalue weighted by atomic mass is 32.2. The lowest BCUT2D eigenvalue weighted by molar-refractivity contribution is -0.120. The molecule has 1 saturated heterocycles. The van der Waals surface area contributed by atoms with Gasteiger partial charge in [-0.25, -0.2) is 12.7 Å². The van der Waals surface area contributed by atoms with Gasteiger partial charge in [0, 0.05) is 13.1 Å². The molecule has 1 aliphatic heterocycles. The number of anilines is 1. The molecule has 0 aliphatic carbocycles. The fourth-order valence-corrected chi connectivity index (χ4v) is 4.09. The molecule has 0 spiro atoms. The average molecular weight is 336 g/mol. The van der Waals surface area contributed by atoms with Crippen LogP contribution in [0.5, 0.6) is 0 Å². The number of thioether (sulfide) groups is 1. The first-order chi connectivity index (χ1) is 9.40. The number of nitrogens with zero attached hydrogens (tertiary/aromatic N) is 3. The summed E-state index contributed by atoms with van der Waals surface area (Å²) in [5.74, 6) is -0.526. The Balaban J connectivity index is 1.98. The van der Waals surface area contributed by atoms with Gasteiger partial charge in [0.2, 0.25) is 21.1 Å². The van der Waals surface area contributed by atoms with E-state index in [-0.39, 0.29) is 18.4 Å². The van der Waals surface area contributed by atoms with Crippen molar-refractivity contribution in [3.8, 4) is 0 Å². The molecule has 112 valence electrons. The largest absolute Gasteiger partial charge is 0.300 e. The molecule has 0 bridgehead atoms. The minimum atomic E-state index is -3.24. The van der Waals surface area contributed by atoms with E-state index < -0.39 is 10.0 Å². The Morgan fingerprint density at radius 2 is 2.25 bits per heavy atom. The summed E-state index contributed by atoms with van der Waals surface area (Å²) in [5, 5.41) is 10.9. The van der Waals surface area contributed by atoms with E-state index in [2.05, 4.69) is 15.5 Å². The maximum atomic E-state index is 12.1. The van der Waals surface area contributed by atoms with Crippen molar-refractivity contribution in [1.29, 1.82) is 0 Å². The summed E-state index contributed by atoms with van der Waals surface area (Å²) < 4.78 is 25.2. The molecule has 1 fully saturated rings. The van der Waals surface area contributed by atoms with Crippen molar-refractivity contribution in [2.75, 3.05) is 30.9 Å². The van der Waals surface area contributed by atoms with Crippen LogP contribution in [0, 0.1) is 5.92 Å². The Morgan fingerprint density at radius 3 is 2.85 bits per heavy atom. The molecule has 1 aromatic rings. The molecular formula is C10H16N4O3S3. The van der Waals surface area contributed by atoms with Gasteiger partial charge < -0.3 is 5.32 Å². The van der Waals surface area contributed by atoms with Crippen LogP contribution in [0.25, 0.3) is 0 Å². The van der Waals surface area contributed by atoms with E-state index in [0.29, 0.717) is 24.5 Å².